The van der Waals surface area contributed by atoms with Gasteiger partial charge in [-0.1, -0.05) is 18.2 Å². The summed E-state index contributed by atoms with van der Waals surface area (Å²) in [4.78, 5) is 2.46. The van der Waals surface area contributed by atoms with Crippen molar-refractivity contribution in [2.24, 2.45) is 0 Å². The van der Waals surface area contributed by atoms with Crippen molar-refractivity contribution >= 4 is 0 Å². The summed E-state index contributed by atoms with van der Waals surface area (Å²) in [6.45, 7) is 10.7. The topological polar surface area (TPSA) is 12.5 Å². The van der Waals surface area contributed by atoms with E-state index < -0.39 is 0 Å². The number of benzene rings is 1. The van der Waals surface area contributed by atoms with Crippen LogP contribution in [0.2, 0.25) is 0 Å². The summed E-state index contributed by atoms with van der Waals surface area (Å²) in [6, 6.07) is 8.90. The first kappa shape index (κ1) is 11.5. The molecule has 0 bridgehead atoms. The van der Waals surface area contributed by atoms with E-state index in [1.807, 2.05) is 6.07 Å². The lowest BCUT2D eigenvalue weighted by Gasteiger charge is -2.31. The van der Waals surface area contributed by atoms with Crippen LogP contribution in [0.3, 0.4) is 0 Å². The molecular formula is C14H21NO. The van der Waals surface area contributed by atoms with Crippen LogP contribution in [-0.4, -0.2) is 23.1 Å². The summed E-state index contributed by atoms with van der Waals surface area (Å²) in [5.41, 5.74) is 1.18. The molecule has 0 radical (unpaired) electrons. The molecule has 0 fully saturated rings. The maximum absolute atomic E-state index is 6.08. The van der Waals surface area contributed by atoms with Crippen LogP contribution < -0.4 is 4.74 Å². The van der Waals surface area contributed by atoms with Crippen LogP contribution in [0.15, 0.2) is 24.3 Å². The lowest BCUT2D eigenvalue weighted by atomic mass is 10.1. The minimum atomic E-state index is -0.114. The summed E-state index contributed by atoms with van der Waals surface area (Å²) >= 11 is 0. The number of hydrogen-bond acceptors (Lipinski definition) is 2. The van der Waals surface area contributed by atoms with E-state index in [2.05, 4.69) is 50.8 Å². The molecule has 16 heavy (non-hydrogen) atoms. The van der Waals surface area contributed by atoms with Gasteiger partial charge in [0, 0.05) is 24.7 Å². The second-order valence-corrected chi connectivity index (χ2v) is 5.47. The van der Waals surface area contributed by atoms with E-state index in [1.54, 1.807) is 0 Å². The van der Waals surface area contributed by atoms with E-state index >= 15 is 0 Å². The Morgan fingerprint density at radius 2 is 1.94 bits per heavy atom. The lowest BCUT2D eigenvalue weighted by molar-refractivity contribution is 0.0589. The van der Waals surface area contributed by atoms with Crippen molar-refractivity contribution in [1.29, 1.82) is 0 Å². The SMILES string of the molecule is CC(C)N1Cc2ccccc2OC(C)(C)C1. The molecule has 0 atom stereocenters. The van der Waals surface area contributed by atoms with Gasteiger partial charge in [0.15, 0.2) is 0 Å². The highest BCUT2D eigenvalue weighted by molar-refractivity contribution is 5.34. The van der Waals surface area contributed by atoms with Crippen LogP contribution in [0.4, 0.5) is 0 Å². The van der Waals surface area contributed by atoms with Crippen molar-refractivity contribution in [3.63, 3.8) is 0 Å². The first-order chi connectivity index (χ1) is 7.48. The lowest BCUT2D eigenvalue weighted by Crippen LogP contribution is -2.43. The summed E-state index contributed by atoms with van der Waals surface area (Å²) < 4.78 is 6.08. The first-order valence-electron chi connectivity index (χ1n) is 5.99. The number of para-hydroxylation sites is 1. The van der Waals surface area contributed by atoms with E-state index in [0.29, 0.717) is 6.04 Å². The molecule has 1 aromatic rings. The van der Waals surface area contributed by atoms with Gasteiger partial charge in [-0.3, -0.25) is 4.90 Å². The molecule has 0 aromatic heterocycles. The Labute approximate surface area is 98.2 Å². The highest BCUT2D eigenvalue weighted by Crippen LogP contribution is 2.29. The smallest absolute Gasteiger partial charge is 0.124 e. The van der Waals surface area contributed by atoms with Crippen LogP contribution in [0.25, 0.3) is 0 Å². The molecule has 0 amide bonds. The number of fused-ring (bicyclic) bond motifs is 1. The van der Waals surface area contributed by atoms with Gasteiger partial charge in [0.25, 0.3) is 0 Å². The average Bonchev–Trinajstić information content (AvgIpc) is 2.31. The zero-order chi connectivity index (χ0) is 11.8. The predicted molar refractivity (Wildman–Crippen MR) is 66.7 cm³/mol. The van der Waals surface area contributed by atoms with Gasteiger partial charge in [0.1, 0.15) is 11.4 Å². The third-order valence-electron chi connectivity index (χ3n) is 3.05. The average molecular weight is 219 g/mol. The Kier molecular flexibility index (Phi) is 2.94. The molecule has 88 valence electrons. The number of ether oxygens (including phenoxy) is 1. The highest BCUT2D eigenvalue weighted by atomic mass is 16.5. The molecule has 0 N–H and O–H groups in total. The Balaban J connectivity index is 2.35. The van der Waals surface area contributed by atoms with Crippen molar-refractivity contribution in [3.05, 3.63) is 29.8 Å². The van der Waals surface area contributed by atoms with Crippen LogP contribution in [0.5, 0.6) is 5.75 Å². The van der Waals surface area contributed by atoms with Crippen molar-refractivity contribution in [1.82, 2.24) is 4.90 Å². The summed E-state index contributed by atoms with van der Waals surface area (Å²) in [7, 11) is 0. The van der Waals surface area contributed by atoms with Crippen molar-refractivity contribution in [2.75, 3.05) is 6.54 Å². The van der Waals surface area contributed by atoms with E-state index in [4.69, 9.17) is 4.74 Å². The fourth-order valence-corrected chi connectivity index (χ4v) is 2.19. The zero-order valence-electron chi connectivity index (χ0n) is 10.7. The van der Waals surface area contributed by atoms with Gasteiger partial charge in [0.2, 0.25) is 0 Å². The standard InChI is InChI=1S/C14H21NO/c1-11(2)15-9-12-7-5-6-8-13(12)16-14(3,4)10-15/h5-8,11H,9-10H2,1-4H3. The molecule has 0 aliphatic carbocycles. The Hall–Kier alpha value is -1.02. The minimum Gasteiger partial charge on any atom is -0.486 e. The quantitative estimate of drug-likeness (QED) is 0.719. The third-order valence-corrected chi connectivity index (χ3v) is 3.05. The molecule has 1 heterocycles. The van der Waals surface area contributed by atoms with E-state index in [1.165, 1.54) is 5.56 Å². The molecule has 2 nitrogen and oxygen atoms in total. The number of nitrogens with zero attached hydrogens (tertiary/aromatic N) is 1. The second-order valence-electron chi connectivity index (χ2n) is 5.47. The molecule has 1 aliphatic heterocycles. The summed E-state index contributed by atoms with van der Waals surface area (Å²) in [6.07, 6.45) is 0. The Morgan fingerprint density at radius 1 is 1.25 bits per heavy atom. The maximum Gasteiger partial charge on any atom is 0.124 e. The molecule has 0 saturated carbocycles. The molecule has 1 aromatic carbocycles. The predicted octanol–water partition coefficient (Wildman–Crippen LogP) is 3.07. The fraction of sp³-hybridized carbons (Fsp3) is 0.571. The third kappa shape index (κ3) is 2.38. The van der Waals surface area contributed by atoms with Gasteiger partial charge in [-0.2, -0.15) is 0 Å². The normalized spacial score (nSPS) is 20.1. The molecule has 1 aliphatic rings. The summed E-state index contributed by atoms with van der Waals surface area (Å²) in [5, 5.41) is 0. The van der Waals surface area contributed by atoms with Gasteiger partial charge >= 0.3 is 0 Å². The first-order valence-corrected chi connectivity index (χ1v) is 5.99. The molecular weight excluding hydrogens is 198 g/mol. The van der Waals surface area contributed by atoms with Gasteiger partial charge in [-0.15, -0.1) is 0 Å². The molecule has 2 rings (SSSR count). The summed E-state index contributed by atoms with van der Waals surface area (Å²) in [5.74, 6) is 1.04. The van der Waals surface area contributed by atoms with Crippen LogP contribution in [0.1, 0.15) is 33.3 Å². The molecule has 0 spiro atoms. The monoisotopic (exact) mass is 219 g/mol. The van der Waals surface area contributed by atoms with E-state index in [-0.39, 0.29) is 5.60 Å². The fourth-order valence-electron chi connectivity index (χ4n) is 2.19. The zero-order valence-corrected chi connectivity index (χ0v) is 10.7. The van der Waals surface area contributed by atoms with Gasteiger partial charge in [0.05, 0.1) is 0 Å². The Morgan fingerprint density at radius 3 is 2.62 bits per heavy atom. The van der Waals surface area contributed by atoms with Crippen LogP contribution in [0, 0.1) is 0 Å². The highest BCUT2D eigenvalue weighted by Gasteiger charge is 2.29. The van der Waals surface area contributed by atoms with Gasteiger partial charge < -0.3 is 4.74 Å². The van der Waals surface area contributed by atoms with Crippen LogP contribution >= 0.6 is 0 Å². The molecule has 0 unspecified atom stereocenters. The van der Waals surface area contributed by atoms with Crippen molar-refractivity contribution < 1.29 is 4.74 Å². The van der Waals surface area contributed by atoms with E-state index in [9.17, 15) is 0 Å². The van der Waals surface area contributed by atoms with Gasteiger partial charge in [-0.05, 0) is 33.8 Å². The maximum atomic E-state index is 6.08. The second kappa shape index (κ2) is 4.10. The largest absolute Gasteiger partial charge is 0.486 e. The molecule has 0 saturated heterocycles. The number of rotatable bonds is 1. The van der Waals surface area contributed by atoms with Crippen LogP contribution in [-0.2, 0) is 6.54 Å². The molecule has 2 heteroatoms. The van der Waals surface area contributed by atoms with E-state index in [0.717, 1.165) is 18.8 Å². The number of hydrogen-bond donors (Lipinski definition) is 0. The van der Waals surface area contributed by atoms with Gasteiger partial charge in [-0.25, -0.2) is 0 Å². The van der Waals surface area contributed by atoms with Crippen molar-refractivity contribution in [3.8, 4) is 5.75 Å². The van der Waals surface area contributed by atoms with Crippen molar-refractivity contribution in [2.45, 2.75) is 45.9 Å². The minimum absolute atomic E-state index is 0.114. The Bertz CT molecular complexity index is 371.